The van der Waals surface area contributed by atoms with Crippen LogP contribution in [-0.2, 0) is 15.9 Å². The molecule has 18 heavy (non-hydrogen) atoms. The largest absolute Gasteiger partial charge is 0.465 e. The zero-order chi connectivity index (χ0) is 13.3. The predicted octanol–water partition coefficient (Wildman–Crippen LogP) is 0.319. The van der Waals surface area contributed by atoms with Crippen LogP contribution in [0.15, 0.2) is 12.1 Å². The molecule has 0 bridgehead atoms. The van der Waals surface area contributed by atoms with E-state index in [2.05, 4.69) is 9.47 Å². The summed E-state index contributed by atoms with van der Waals surface area (Å²) in [5.41, 5.74) is 0.741. The zero-order valence-electron chi connectivity index (χ0n) is 9.56. The molecule has 1 heterocycles. The summed E-state index contributed by atoms with van der Waals surface area (Å²) < 4.78 is 9.03. The summed E-state index contributed by atoms with van der Waals surface area (Å²) in [5, 5.41) is 8.93. The van der Waals surface area contributed by atoms with Gasteiger partial charge in [-0.2, -0.15) is 0 Å². The molecule has 0 unspecified atom stereocenters. The summed E-state index contributed by atoms with van der Waals surface area (Å²) >= 11 is 0. The highest BCUT2D eigenvalue weighted by Gasteiger charge is 2.32. The van der Waals surface area contributed by atoms with Crippen LogP contribution in [0.2, 0.25) is 0 Å². The number of ether oxygens (including phenoxy) is 2. The minimum Gasteiger partial charge on any atom is -0.465 e. The Bertz CT molecular complexity index is 546. The van der Waals surface area contributed by atoms with Crippen molar-refractivity contribution in [2.45, 2.75) is 6.42 Å². The molecule has 1 aliphatic heterocycles. The molecule has 1 aromatic rings. The Kier molecular flexibility index (Phi) is 3.12. The van der Waals surface area contributed by atoms with Crippen LogP contribution in [0, 0.1) is 0 Å². The van der Waals surface area contributed by atoms with Crippen LogP contribution < -0.4 is 0 Å². The van der Waals surface area contributed by atoms with Crippen LogP contribution >= 0.6 is 0 Å². The van der Waals surface area contributed by atoms with Gasteiger partial charge in [0.15, 0.2) is 0 Å². The Hall–Kier alpha value is -2.21. The number of hydrogen-bond donors (Lipinski definition) is 1. The number of cyclic esters (lactones) is 2. The van der Waals surface area contributed by atoms with E-state index in [0.717, 1.165) is 0 Å². The molecule has 2 rings (SSSR count). The van der Waals surface area contributed by atoms with Crippen LogP contribution in [0.25, 0.3) is 0 Å². The molecule has 0 saturated heterocycles. The van der Waals surface area contributed by atoms with Gasteiger partial charge in [0.05, 0.1) is 23.8 Å². The molecule has 0 amide bonds. The van der Waals surface area contributed by atoms with E-state index in [1.54, 1.807) is 0 Å². The van der Waals surface area contributed by atoms with E-state index in [1.807, 2.05) is 0 Å². The van der Waals surface area contributed by atoms with E-state index >= 15 is 0 Å². The minimum atomic E-state index is -0.782. The molecule has 0 atom stereocenters. The molecular formula is C12H10O6. The number of fused-ring (bicyclic) bond motifs is 1. The maximum atomic E-state index is 11.6. The highest BCUT2D eigenvalue weighted by atomic mass is 16.6. The fourth-order valence-corrected chi connectivity index (χ4v) is 1.80. The lowest BCUT2D eigenvalue weighted by molar-refractivity contribution is 0.0443. The van der Waals surface area contributed by atoms with Gasteiger partial charge in [-0.1, -0.05) is 0 Å². The summed E-state index contributed by atoms with van der Waals surface area (Å²) in [4.78, 5) is 34.3. The molecule has 1 aromatic carbocycles. The number of hydrogen-bond acceptors (Lipinski definition) is 6. The monoisotopic (exact) mass is 250 g/mol. The first-order valence-corrected chi connectivity index (χ1v) is 5.21. The van der Waals surface area contributed by atoms with Gasteiger partial charge >= 0.3 is 17.9 Å². The summed E-state index contributed by atoms with van der Waals surface area (Å²) in [7, 11) is 1.21. The smallest absolute Gasteiger partial charge is 0.346 e. The molecule has 0 spiro atoms. The topological polar surface area (TPSA) is 89.9 Å². The van der Waals surface area contributed by atoms with Crippen molar-refractivity contribution in [1.82, 2.24) is 0 Å². The first-order valence-electron chi connectivity index (χ1n) is 5.21. The summed E-state index contributed by atoms with van der Waals surface area (Å²) in [5.74, 6) is -2.16. The van der Waals surface area contributed by atoms with Gasteiger partial charge in [0.2, 0.25) is 0 Å². The van der Waals surface area contributed by atoms with Crippen molar-refractivity contribution >= 4 is 17.9 Å². The lowest BCUT2D eigenvalue weighted by atomic mass is 9.97. The third-order valence-electron chi connectivity index (χ3n) is 2.66. The molecule has 1 aliphatic rings. The number of benzene rings is 1. The lowest BCUT2D eigenvalue weighted by Gasteiger charge is -2.07. The Morgan fingerprint density at radius 3 is 2.44 bits per heavy atom. The van der Waals surface area contributed by atoms with Crippen LogP contribution in [0.4, 0.5) is 0 Å². The van der Waals surface area contributed by atoms with E-state index < -0.39 is 17.9 Å². The Balaban J connectivity index is 2.59. The lowest BCUT2D eigenvalue weighted by Crippen LogP contribution is -2.09. The predicted molar refractivity (Wildman–Crippen MR) is 58.3 cm³/mol. The van der Waals surface area contributed by atoms with Gasteiger partial charge in [-0.15, -0.1) is 0 Å². The van der Waals surface area contributed by atoms with Crippen LogP contribution in [-0.4, -0.2) is 36.7 Å². The maximum absolute atomic E-state index is 11.6. The molecule has 1 N–H and O–H groups in total. The third kappa shape index (κ3) is 1.86. The maximum Gasteiger partial charge on any atom is 0.346 e. The third-order valence-corrected chi connectivity index (χ3v) is 2.66. The van der Waals surface area contributed by atoms with Crippen molar-refractivity contribution in [1.29, 1.82) is 0 Å². The second kappa shape index (κ2) is 4.58. The Labute approximate surface area is 102 Å². The number of carbonyl (C=O) groups is 3. The van der Waals surface area contributed by atoms with Crippen molar-refractivity contribution in [3.05, 3.63) is 34.4 Å². The van der Waals surface area contributed by atoms with E-state index in [4.69, 9.17) is 5.11 Å². The number of carbonyl (C=O) groups excluding carboxylic acids is 3. The van der Waals surface area contributed by atoms with E-state index in [9.17, 15) is 14.4 Å². The van der Waals surface area contributed by atoms with Crippen LogP contribution in [0.1, 0.15) is 36.6 Å². The highest BCUT2D eigenvalue weighted by Crippen LogP contribution is 2.25. The molecule has 0 aliphatic carbocycles. The quantitative estimate of drug-likeness (QED) is 0.613. The normalized spacial score (nSPS) is 13.2. The SMILES string of the molecule is COC(=O)c1cc2c(cc1CCO)C(=O)OC2=O. The molecule has 0 fully saturated rings. The first-order chi connectivity index (χ1) is 8.58. The van der Waals surface area contributed by atoms with Crippen molar-refractivity contribution in [3.63, 3.8) is 0 Å². The number of esters is 3. The van der Waals surface area contributed by atoms with E-state index in [-0.39, 0.29) is 29.7 Å². The minimum absolute atomic E-state index is 0.0436. The summed E-state index contributed by atoms with van der Waals surface area (Å²) in [6, 6.07) is 2.64. The summed E-state index contributed by atoms with van der Waals surface area (Å²) in [6.45, 7) is -0.189. The van der Waals surface area contributed by atoms with Crippen molar-refractivity contribution in [2.75, 3.05) is 13.7 Å². The fourth-order valence-electron chi connectivity index (χ4n) is 1.80. The zero-order valence-corrected chi connectivity index (χ0v) is 9.56. The van der Waals surface area contributed by atoms with Crippen molar-refractivity contribution in [3.8, 4) is 0 Å². The molecule has 94 valence electrons. The van der Waals surface area contributed by atoms with Crippen LogP contribution in [0.3, 0.4) is 0 Å². The number of aliphatic hydroxyl groups excluding tert-OH is 1. The fraction of sp³-hybridized carbons (Fsp3) is 0.250. The van der Waals surface area contributed by atoms with Gasteiger partial charge < -0.3 is 14.6 Å². The van der Waals surface area contributed by atoms with Crippen molar-refractivity contribution < 1.29 is 29.0 Å². The van der Waals surface area contributed by atoms with Gasteiger partial charge in [-0.3, -0.25) is 0 Å². The molecule has 0 saturated carbocycles. The second-order valence-corrected chi connectivity index (χ2v) is 3.70. The Morgan fingerprint density at radius 1 is 1.28 bits per heavy atom. The van der Waals surface area contributed by atoms with Gasteiger partial charge in [0, 0.05) is 6.61 Å². The Morgan fingerprint density at radius 2 is 1.89 bits per heavy atom. The van der Waals surface area contributed by atoms with Crippen molar-refractivity contribution in [2.24, 2.45) is 0 Å². The summed E-state index contributed by atoms with van der Waals surface area (Å²) in [6.07, 6.45) is 0.180. The molecule has 0 radical (unpaired) electrons. The molecule has 6 nitrogen and oxygen atoms in total. The van der Waals surface area contributed by atoms with E-state index in [0.29, 0.717) is 5.56 Å². The first kappa shape index (κ1) is 12.3. The molecule has 0 aromatic heterocycles. The number of rotatable bonds is 3. The van der Waals surface area contributed by atoms with Gasteiger partial charge in [-0.25, -0.2) is 14.4 Å². The number of methoxy groups -OCH3 is 1. The number of aliphatic hydroxyl groups is 1. The highest BCUT2D eigenvalue weighted by molar-refractivity contribution is 6.15. The average Bonchev–Trinajstić information content (AvgIpc) is 2.63. The molecule has 6 heteroatoms. The van der Waals surface area contributed by atoms with Gasteiger partial charge in [0.25, 0.3) is 0 Å². The average molecular weight is 250 g/mol. The van der Waals surface area contributed by atoms with Gasteiger partial charge in [-0.05, 0) is 24.1 Å². The standard InChI is InChI=1S/C12H10O6/c1-17-10(14)7-5-9-8(4-6(7)2-3-13)11(15)18-12(9)16/h4-5,13H,2-3H2,1H3. The van der Waals surface area contributed by atoms with E-state index in [1.165, 1.54) is 19.2 Å². The molecular weight excluding hydrogens is 240 g/mol. The second-order valence-electron chi connectivity index (χ2n) is 3.70. The van der Waals surface area contributed by atoms with Crippen LogP contribution in [0.5, 0.6) is 0 Å². The van der Waals surface area contributed by atoms with Gasteiger partial charge in [0.1, 0.15) is 0 Å².